The Kier molecular flexibility index (Phi) is 3.91. The number of nitrogens with zero attached hydrogens (tertiary/aromatic N) is 1. The van der Waals surface area contributed by atoms with Crippen LogP contribution in [0.1, 0.15) is 16.7 Å². The fourth-order valence-electron chi connectivity index (χ4n) is 2.65. The van der Waals surface area contributed by atoms with Crippen LogP contribution in [0.2, 0.25) is 0 Å². The Morgan fingerprint density at radius 3 is 2.38 bits per heavy atom. The molecule has 1 heterocycles. The SMILES string of the molecule is COc1ccc(CCc2ccc3c(c2)CC=N3)cc1OC. The summed E-state index contributed by atoms with van der Waals surface area (Å²) < 4.78 is 10.6. The molecule has 21 heavy (non-hydrogen) atoms. The molecule has 0 fully saturated rings. The van der Waals surface area contributed by atoms with Crippen LogP contribution in [0.5, 0.6) is 11.5 Å². The normalized spacial score (nSPS) is 12.3. The molecule has 3 heteroatoms. The molecule has 0 spiro atoms. The van der Waals surface area contributed by atoms with Crippen molar-refractivity contribution in [1.82, 2.24) is 0 Å². The second-order valence-corrected chi connectivity index (χ2v) is 5.17. The fraction of sp³-hybridized carbons (Fsp3) is 0.278. The number of methoxy groups -OCH3 is 2. The first-order valence-electron chi connectivity index (χ1n) is 7.15. The van der Waals surface area contributed by atoms with Crippen molar-refractivity contribution in [2.45, 2.75) is 19.3 Å². The highest BCUT2D eigenvalue weighted by molar-refractivity contribution is 5.75. The monoisotopic (exact) mass is 281 g/mol. The maximum absolute atomic E-state index is 5.35. The van der Waals surface area contributed by atoms with Crippen LogP contribution in [0.25, 0.3) is 0 Å². The molecule has 0 amide bonds. The topological polar surface area (TPSA) is 30.8 Å². The smallest absolute Gasteiger partial charge is 0.160 e. The van der Waals surface area contributed by atoms with Crippen molar-refractivity contribution in [3.05, 3.63) is 53.1 Å². The van der Waals surface area contributed by atoms with Gasteiger partial charge in [0.25, 0.3) is 0 Å². The van der Waals surface area contributed by atoms with Crippen molar-refractivity contribution < 1.29 is 9.47 Å². The molecule has 0 aliphatic carbocycles. The van der Waals surface area contributed by atoms with Gasteiger partial charge in [-0.2, -0.15) is 0 Å². The van der Waals surface area contributed by atoms with Gasteiger partial charge in [-0.1, -0.05) is 18.2 Å². The summed E-state index contributed by atoms with van der Waals surface area (Å²) >= 11 is 0. The van der Waals surface area contributed by atoms with E-state index in [1.807, 2.05) is 12.3 Å². The number of fused-ring (bicyclic) bond motifs is 1. The maximum Gasteiger partial charge on any atom is 0.160 e. The first-order chi connectivity index (χ1) is 10.3. The molecule has 1 aliphatic heterocycles. The molecule has 3 rings (SSSR count). The Morgan fingerprint density at radius 1 is 0.905 bits per heavy atom. The number of aryl methyl sites for hydroxylation is 2. The zero-order chi connectivity index (χ0) is 14.7. The highest BCUT2D eigenvalue weighted by Crippen LogP contribution is 2.29. The van der Waals surface area contributed by atoms with Gasteiger partial charge >= 0.3 is 0 Å². The van der Waals surface area contributed by atoms with E-state index >= 15 is 0 Å². The lowest BCUT2D eigenvalue weighted by Crippen LogP contribution is -1.95. The molecule has 0 saturated heterocycles. The first-order valence-corrected chi connectivity index (χ1v) is 7.15. The molecule has 0 atom stereocenters. The van der Waals surface area contributed by atoms with Crippen molar-refractivity contribution in [1.29, 1.82) is 0 Å². The van der Waals surface area contributed by atoms with Crippen LogP contribution in [0.3, 0.4) is 0 Å². The van der Waals surface area contributed by atoms with Gasteiger partial charge in [-0.15, -0.1) is 0 Å². The predicted octanol–water partition coefficient (Wildman–Crippen LogP) is 3.75. The summed E-state index contributed by atoms with van der Waals surface area (Å²) in [5.41, 5.74) is 5.06. The molecule has 2 aromatic rings. The van der Waals surface area contributed by atoms with E-state index in [1.165, 1.54) is 16.7 Å². The summed E-state index contributed by atoms with van der Waals surface area (Å²) in [6.07, 6.45) is 4.94. The van der Waals surface area contributed by atoms with Gasteiger partial charge in [0.2, 0.25) is 0 Å². The molecule has 0 unspecified atom stereocenters. The quantitative estimate of drug-likeness (QED) is 0.835. The second-order valence-electron chi connectivity index (χ2n) is 5.17. The van der Waals surface area contributed by atoms with Gasteiger partial charge in [0.1, 0.15) is 0 Å². The van der Waals surface area contributed by atoms with E-state index < -0.39 is 0 Å². The van der Waals surface area contributed by atoms with Crippen LogP contribution in [0, 0.1) is 0 Å². The minimum absolute atomic E-state index is 0.774. The summed E-state index contributed by atoms with van der Waals surface area (Å²) in [5.74, 6) is 1.56. The molecular weight excluding hydrogens is 262 g/mol. The number of hydrogen-bond acceptors (Lipinski definition) is 3. The van der Waals surface area contributed by atoms with Crippen molar-refractivity contribution in [3.63, 3.8) is 0 Å². The lowest BCUT2D eigenvalue weighted by molar-refractivity contribution is 0.354. The van der Waals surface area contributed by atoms with Gasteiger partial charge in [0, 0.05) is 12.6 Å². The van der Waals surface area contributed by atoms with E-state index in [1.54, 1.807) is 14.2 Å². The van der Waals surface area contributed by atoms with Gasteiger partial charge < -0.3 is 9.47 Å². The first kappa shape index (κ1) is 13.7. The Morgan fingerprint density at radius 2 is 1.62 bits per heavy atom. The van der Waals surface area contributed by atoms with Crippen LogP contribution in [0.4, 0.5) is 5.69 Å². The summed E-state index contributed by atoms with van der Waals surface area (Å²) in [4.78, 5) is 4.35. The molecule has 0 radical (unpaired) electrons. The number of hydrogen-bond donors (Lipinski definition) is 0. The molecular formula is C18H19NO2. The van der Waals surface area contributed by atoms with E-state index in [0.29, 0.717) is 0 Å². The number of rotatable bonds is 5. The van der Waals surface area contributed by atoms with Crippen LogP contribution in [0.15, 0.2) is 41.4 Å². The Labute approximate surface area is 125 Å². The maximum atomic E-state index is 5.35. The lowest BCUT2D eigenvalue weighted by atomic mass is 10.0. The Bertz CT molecular complexity index is 677. The molecule has 2 aromatic carbocycles. The zero-order valence-electron chi connectivity index (χ0n) is 12.4. The van der Waals surface area contributed by atoms with Crippen molar-refractivity contribution >= 4 is 11.9 Å². The van der Waals surface area contributed by atoms with E-state index in [-0.39, 0.29) is 0 Å². The summed E-state index contributed by atoms with van der Waals surface area (Å²) in [5, 5.41) is 0. The summed E-state index contributed by atoms with van der Waals surface area (Å²) in [7, 11) is 3.33. The molecule has 0 bridgehead atoms. The number of aliphatic imine (C=N–C) groups is 1. The van der Waals surface area contributed by atoms with Gasteiger partial charge in [-0.3, -0.25) is 4.99 Å². The van der Waals surface area contributed by atoms with Crippen LogP contribution in [-0.4, -0.2) is 20.4 Å². The molecule has 0 aromatic heterocycles. The van der Waals surface area contributed by atoms with E-state index in [4.69, 9.17) is 9.47 Å². The van der Waals surface area contributed by atoms with Crippen LogP contribution in [-0.2, 0) is 19.3 Å². The number of benzene rings is 2. The third-order valence-corrected chi connectivity index (χ3v) is 3.84. The second kappa shape index (κ2) is 6.00. The van der Waals surface area contributed by atoms with Crippen molar-refractivity contribution in [3.8, 4) is 11.5 Å². The standard InChI is InChI=1S/C18H19NO2/c1-20-17-8-6-14(12-18(17)21-2)4-3-13-5-7-16-15(11-13)9-10-19-16/h5-8,10-12H,3-4,9H2,1-2H3. The largest absolute Gasteiger partial charge is 0.493 e. The van der Waals surface area contributed by atoms with Gasteiger partial charge in [0.15, 0.2) is 11.5 Å². The molecule has 3 nitrogen and oxygen atoms in total. The summed E-state index contributed by atoms with van der Waals surface area (Å²) in [6, 6.07) is 12.7. The number of ether oxygens (including phenoxy) is 2. The lowest BCUT2D eigenvalue weighted by Gasteiger charge is -2.10. The highest BCUT2D eigenvalue weighted by atomic mass is 16.5. The molecule has 0 N–H and O–H groups in total. The minimum atomic E-state index is 0.774. The van der Waals surface area contributed by atoms with E-state index in [0.717, 1.165) is 36.4 Å². The fourth-order valence-corrected chi connectivity index (χ4v) is 2.65. The van der Waals surface area contributed by atoms with Gasteiger partial charge in [0.05, 0.1) is 19.9 Å². The Balaban J connectivity index is 1.70. The molecule has 108 valence electrons. The van der Waals surface area contributed by atoms with E-state index in [2.05, 4.69) is 35.3 Å². The van der Waals surface area contributed by atoms with Crippen LogP contribution >= 0.6 is 0 Å². The predicted molar refractivity (Wildman–Crippen MR) is 85.3 cm³/mol. The third-order valence-electron chi connectivity index (χ3n) is 3.84. The van der Waals surface area contributed by atoms with Gasteiger partial charge in [-0.05, 0) is 47.7 Å². The average Bonchev–Trinajstić information content (AvgIpc) is 3.00. The molecule has 1 aliphatic rings. The molecule has 0 saturated carbocycles. The van der Waals surface area contributed by atoms with Crippen molar-refractivity contribution in [2.24, 2.45) is 4.99 Å². The van der Waals surface area contributed by atoms with Crippen LogP contribution < -0.4 is 9.47 Å². The Hall–Kier alpha value is -2.29. The van der Waals surface area contributed by atoms with E-state index in [9.17, 15) is 0 Å². The van der Waals surface area contributed by atoms with Crippen molar-refractivity contribution in [2.75, 3.05) is 14.2 Å². The summed E-state index contributed by atoms with van der Waals surface area (Å²) in [6.45, 7) is 0. The third kappa shape index (κ3) is 2.92. The zero-order valence-corrected chi connectivity index (χ0v) is 12.4. The van der Waals surface area contributed by atoms with Gasteiger partial charge in [-0.25, -0.2) is 0 Å². The average molecular weight is 281 g/mol. The highest BCUT2D eigenvalue weighted by Gasteiger charge is 2.08. The minimum Gasteiger partial charge on any atom is -0.493 e.